The first-order chi connectivity index (χ1) is 6.68. The zero-order valence-electron chi connectivity index (χ0n) is 8.03. The van der Waals surface area contributed by atoms with Crippen LogP contribution in [0.15, 0.2) is 24.3 Å². The number of carbonyl (C=O) groups excluding carboxylic acids is 1. The quantitative estimate of drug-likeness (QED) is 0.689. The summed E-state index contributed by atoms with van der Waals surface area (Å²) in [7, 11) is 0. The summed E-state index contributed by atoms with van der Waals surface area (Å²) in [6.45, 7) is 1.47. The summed E-state index contributed by atoms with van der Waals surface area (Å²) in [6, 6.07) is 7.57. The summed E-state index contributed by atoms with van der Waals surface area (Å²) >= 11 is 0. The second-order valence-corrected chi connectivity index (χ2v) is 3.65. The van der Waals surface area contributed by atoms with Crippen molar-refractivity contribution in [3.63, 3.8) is 0 Å². The first kappa shape index (κ1) is 9.21. The van der Waals surface area contributed by atoms with Gasteiger partial charge in [-0.2, -0.15) is 0 Å². The Labute approximate surface area is 82.8 Å². The van der Waals surface area contributed by atoms with Gasteiger partial charge in [0, 0.05) is 13.3 Å². The van der Waals surface area contributed by atoms with Gasteiger partial charge in [0.2, 0.25) is 5.91 Å². The van der Waals surface area contributed by atoms with E-state index in [1.54, 1.807) is 0 Å². The first-order valence-electron chi connectivity index (χ1n) is 4.71. The Morgan fingerprint density at radius 2 is 2.21 bits per heavy atom. The van der Waals surface area contributed by atoms with Gasteiger partial charge in [0.1, 0.15) is 0 Å². The minimum atomic E-state index is -0.490. The molecule has 0 fully saturated rings. The van der Waals surface area contributed by atoms with E-state index in [9.17, 15) is 9.90 Å². The molecule has 0 heterocycles. The molecule has 14 heavy (non-hydrogen) atoms. The molecule has 0 unspecified atom stereocenters. The van der Waals surface area contributed by atoms with Crippen molar-refractivity contribution in [2.24, 2.45) is 0 Å². The third-order valence-electron chi connectivity index (χ3n) is 2.56. The molecular weight excluding hydrogens is 178 g/mol. The van der Waals surface area contributed by atoms with E-state index in [1.807, 2.05) is 24.3 Å². The highest BCUT2D eigenvalue weighted by Gasteiger charge is 2.30. The molecule has 3 heteroatoms. The highest BCUT2D eigenvalue weighted by atomic mass is 16.3. The molecule has 0 aliphatic heterocycles. The Morgan fingerprint density at radius 3 is 2.93 bits per heavy atom. The van der Waals surface area contributed by atoms with Crippen LogP contribution in [0, 0.1) is 0 Å². The van der Waals surface area contributed by atoms with Crippen LogP contribution in [0.5, 0.6) is 0 Å². The van der Waals surface area contributed by atoms with E-state index in [1.165, 1.54) is 6.92 Å². The molecule has 1 aromatic rings. The normalized spacial score (nSPS) is 24.4. The Morgan fingerprint density at radius 1 is 1.50 bits per heavy atom. The van der Waals surface area contributed by atoms with Crippen molar-refractivity contribution in [2.45, 2.75) is 25.5 Å². The number of aliphatic hydroxyl groups excluding tert-OH is 1. The lowest BCUT2D eigenvalue weighted by Crippen LogP contribution is -2.32. The van der Waals surface area contributed by atoms with E-state index in [0.29, 0.717) is 6.42 Å². The molecule has 2 atom stereocenters. The van der Waals surface area contributed by atoms with Crippen LogP contribution in [0.2, 0.25) is 0 Å². The molecule has 0 saturated carbocycles. The summed E-state index contributed by atoms with van der Waals surface area (Å²) in [5, 5.41) is 12.5. The Hall–Kier alpha value is -1.35. The summed E-state index contributed by atoms with van der Waals surface area (Å²) in [5.41, 5.74) is 2.16. The van der Waals surface area contributed by atoms with Gasteiger partial charge in [-0.1, -0.05) is 24.3 Å². The van der Waals surface area contributed by atoms with Gasteiger partial charge < -0.3 is 10.4 Å². The number of carbonyl (C=O) groups is 1. The highest BCUT2D eigenvalue weighted by molar-refractivity contribution is 5.73. The van der Waals surface area contributed by atoms with Gasteiger partial charge in [-0.25, -0.2) is 0 Å². The molecule has 0 bridgehead atoms. The van der Waals surface area contributed by atoms with Gasteiger partial charge in [-0.3, -0.25) is 4.79 Å². The number of hydrogen-bond acceptors (Lipinski definition) is 2. The van der Waals surface area contributed by atoms with Crippen LogP contribution in [-0.4, -0.2) is 17.1 Å². The molecule has 2 rings (SSSR count). The van der Waals surface area contributed by atoms with Crippen molar-refractivity contribution in [2.75, 3.05) is 0 Å². The number of benzene rings is 1. The average molecular weight is 191 g/mol. The number of nitrogens with one attached hydrogen (secondary N) is 1. The molecule has 0 saturated heterocycles. The molecule has 1 aliphatic carbocycles. The van der Waals surface area contributed by atoms with Crippen molar-refractivity contribution >= 4 is 5.91 Å². The van der Waals surface area contributed by atoms with Crippen molar-refractivity contribution in [1.82, 2.24) is 5.32 Å². The van der Waals surface area contributed by atoms with Crippen LogP contribution < -0.4 is 5.32 Å². The SMILES string of the molecule is CC(=O)N[C@@H]1c2ccccc2C[C@H]1O. The summed E-state index contributed by atoms with van der Waals surface area (Å²) < 4.78 is 0. The Kier molecular flexibility index (Phi) is 2.25. The molecule has 1 amide bonds. The van der Waals surface area contributed by atoms with Gasteiger partial charge in [0.05, 0.1) is 12.1 Å². The Bertz CT molecular complexity index is 362. The number of amides is 1. The maximum atomic E-state index is 10.9. The predicted octanol–water partition coefficient (Wildman–Crippen LogP) is 0.781. The molecule has 0 spiro atoms. The Balaban J connectivity index is 2.30. The first-order valence-corrected chi connectivity index (χ1v) is 4.71. The van der Waals surface area contributed by atoms with Crippen LogP contribution in [0.3, 0.4) is 0 Å². The molecule has 1 aliphatic rings. The third-order valence-corrected chi connectivity index (χ3v) is 2.56. The maximum Gasteiger partial charge on any atom is 0.217 e. The number of rotatable bonds is 1. The topological polar surface area (TPSA) is 49.3 Å². The zero-order chi connectivity index (χ0) is 10.1. The monoisotopic (exact) mass is 191 g/mol. The van der Waals surface area contributed by atoms with E-state index >= 15 is 0 Å². The van der Waals surface area contributed by atoms with Crippen molar-refractivity contribution in [3.8, 4) is 0 Å². The van der Waals surface area contributed by atoms with Crippen LogP contribution in [0.4, 0.5) is 0 Å². The number of fused-ring (bicyclic) bond motifs is 1. The third kappa shape index (κ3) is 1.51. The van der Waals surface area contributed by atoms with E-state index in [-0.39, 0.29) is 11.9 Å². The van der Waals surface area contributed by atoms with Gasteiger partial charge in [0.25, 0.3) is 0 Å². The van der Waals surface area contributed by atoms with Gasteiger partial charge in [0.15, 0.2) is 0 Å². The van der Waals surface area contributed by atoms with Crippen LogP contribution >= 0.6 is 0 Å². The van der Waals surface area contributed by atoms with E-state index in [0.717, 1.165) is 11.1 Å². The minimum absolute atomic E-state index is 0.106. The van der Waals surface area contributed by atoms with Crippen LogP contribution in [0.1, 0.15) is 24.1 Å². The van der Waals surface area contributed by atoms with Crippen molar-refractivity contribution in [1.29, 1.82) is 0 Å². The lowest BCUT2D eigenvalue weighted by atomic mass is 10.1. The van der Waals surface area contributed by atoms with Crippen molar-refractivity contribution in [3.05, 3.63) is 35.4 Å². The molecule has 2 N–H and O–H groups in total. The minimum Gasteiger partial charge on any atom is -0.390 e. The van der Waals surface area contributed by atoms with E-state index < -0.39 is 6.10 Å². The van der Waals surface area contributed by atoms with Crippen LogP contribution in [0.25, 0.3) is 0 Å². The number of hydrogen-bond donors (Lipinski definition) is 2. The largest absolute Gasteiger partial charge is 0.390 e. The van der Waals surface area contributed by atoms with E-state index in [4.69, 9.17) is 0 Å². The van der Waals surface area contributed by atoms with Crippen LogP contribution in [-0.2, 0) is 11.2 Å². The standard InChI is InChI=1S/C11H13NO2/c1-7(13)12-11-9-5-3-2-4-8(9)6-10(11)14/h2-5,10-11,14H,6H2,1H3,(H,12,13)/t10-,11-/m1/s1. The average Bonchev–Trinajstić information content (AvgIpc) is 2.43. The second-order valence-electron chi connectivity index (χ2n) is 3.65. The maximum absolute atomic E-state index is 10.9. The molecule has 0 aromatic heterocycles. The molecule has 74 valence electrons. The van der Waals surface area contributed by atoms with E-state index in [2.05, 4.69) is 5.32 Å². The lowest BCUT2D eigenvalue weighted by molar-refractivity contribution is -0.120. The zero-order valence-corrected chi connectivity index (χ0v) is 8.03. The predicted molar refractivity (Wildman–Crippen MR) is 52.7 cm³/mol. The smallest absolute Gasteiger partial charge is 0.217 e. The number of aliphatic hydroxyl groups is 1. The van der Waals surface area contributed by atoms with Crippen molar-refractivity contribution < 1.29 is 9.90 Å². The van der Waals surface area contributed by atoms with Gasteiger partial charge in [-0.15, -0.1) is 0 Å². The fourth-order valence-electron chi connectivity index (χ4n) is 1.97. The van der Waals surface area contributed by atoms with Gasteiger partial charge in [-0.05, 0) is 11.1 Å². The van der Waals surface area contributed by atoms with Gasteiger partial charge >= 0.3 is 0 Å². The molecule has 0 radical (unpaired) electrons. The fraction of sp³-hybridized carbons (Fsp3) is 0.364. The molecular formula is C11H13NO2. The lowest BCUT2D eigenvalue weighted by Gasteiger charge is -2.16. The fourth-order valence-corrected chi connectivity index (χ4v) is 1.97. The highest BCUT2D eigenvalue weighted by Crippen LogP contribution is 2.30. The summed E-state index contributed by atoms with van der Waals surface area (Å²) in [6.07, 6.45) is 0.137. The molecule has 3 nitrogen and oxygen atoms in total. The summed E-state index contributed by atoms with van der Waals surface area (Å²) in [5.74, 6) is -0.106. The molecule has 1 aromatic carbocycles. The second kappa shape index (κ2) is 3.42. The summed E-state index contributed by atoms with van der Waals surface area (Å²) in [4.78, 5) is 10.9.